The molecule has 8 nitrogen and oxygen atoms in total. The van der Waals surface area contributed by atoms with Crippen LogP contribution in [-0.2, 0) is 27.9 Å². The van der Waals surface area contributed by atoms with Crippen molar-refractivity contribution in [2.45, 2.75) is 168 Å². The molecule has 0 aromatic heterocycles. The topological polar surface area (TPSA) is 91.3 Å². The van der Waals surface area contributed by atoms with Crippen molar-refractivity contribution in [1.82, 2.24) is 0 Å². The predicted molar refractivity (Wildman–Crippen MR) is 183 cm³/mol. The van der Waals surface area contributed by atoms with Crippen LogP contribution in [-0.4, -0.2) is 75.6 Å². The van der Waals surface area contributed by atoms with Crippen LogP contribution in [0.2, 0.25) is 0 Å². The molecule has 2 unspecified atom stereocenters. The molecule has 0 radical (unpaired) electrons. The summed E-state index contributed by atoms with van der Waals surface area (Å²) in [6.45, 7) is 5.53. The van der Waals surface area contributed by atoms with Gasteiger partial charge in [-0.3, -0.25) is 13.8 Å². The molecule has 9 heteroatoms. The van der Waals surface area contributed by atoms with Crippen LogP contribution >= 0.6 is 7.82 Å². The molecule has 0 aromatic carbocycles. The van der Waals surface area contributed by atoms with Gasteiger partial charge in [-0.2, -0.15) is 0 Å². The molecule has 0 aliphatic carbocycles. The third kappa shape index (κ3) is 32.9. The maximum absolute atomic E-state index is 12.3. The minimum Gasteiger partial charge on any atom is -0.457 e. The third-order valence-electron chi connectivity index (χ3n) is 7.92. The Morgan fingerprint density at radius 2 is 1.05 bits per heavy atom. The normalized spacial score (nSPS) is 14.0. The molecule has 0 saturated carbocycles. The van der Waals surface area contributed by atoms with Crippen LogP contribution in [0.3, 0.4) is 0 Å². The number of phosphoric acid groups is 1. The summed E-state index contributed by atoms with van der Waals surface area (Å²) in [5.74, 6) is -0.329. The minimum atomic E-state index is -4.24. The fraction of sp³-hybridized carbons (Fsp3) is 0.971. The van der Waals surface area contributed by atoms with E-state index in [-0.39, 0.29) is 25.8 Å². The molecule has 2 atom stereocenters. The number of hydrogen-bond acceptors (Lipinski definition) is 6. The standard InChI is InChI=1S/C35H72NO7P/c1-6-8-10-12-13-14-15-16-17-18-19-20-21-22-23-24-25-27-30-40-32-34(43-35(37)28-26-11-9-7-2)33-42-44(38,39)41-31-29-36(3,4)5/h34H,6-33H2,1-5H3/p+1. The molecular weight excluding hydrogens is 577 g/mol. The van der Waals surface area contributed by atoms with E-state index in [2.05, 4.69) is 13.8 Å². The summed E-state index contributed by atoms with van der Waals surface area (Å²) in [5, 5.41) is 0. The van der Waals surface area contributed by atoms with Crippen molar-refractivity contribution in [3.05, 3.63) is 0 Å². The Kier molecular flexibility index (Phi) is 29.5. The van der Waals surface area contributed by atoms with Crippen LogP contribution in [0.5, 0.6) is 0 Å². The van der Waals surface area contributed by atoms with E-state index in [4.69, 9.17) is 18.5 Å². The smallest absolute Gasteiger partial charge is 0.457 e. The summed E-state index contributed by atoms with van der Waals surface area (Å²) < 4.78 is 34.5. The van der Waals surface area contributed by atoms with Gasteiger partial charge in [0.05, 0.1) is 34.4 Å². The van der Waals surface area contributed by atoms with Gasteiger partial charge in [-0.1, -0.05) is 142 Å². The number of ether oxygens (including phenoxy) is 2. The van der Waals surface area contributed by atoms with Crippen molar-refractivity contribution >= 4 is 13.8 Å². The van der Waals surface area contributed by atoms with E-state index in [0.29, 0.717) is 24.1 Å². The minimum absolute atomic E-state index is 0.0923. The van der Waals surface area contributed by atoms with E-state index in [0.717, 1.165) is 38.5 Å². The maximum Gasteiger partial charge on any atom is 0.472 e. The maximum atomic E-state index is 12.3. The predicted octanol–water partition coefficient (Wildman–Crippen LogP) is 9.77. The zero-order valence-electron chi connectivity index (χ0n) is 29.7. The molecule has 1 N–H and O–H groups in total. The van der Waals surface area contributed by atoms with Gasteiger partial charge in [-0.15, -0.1) is 0 Å². The second-order valence-electron chi connectivity index (χ2n) is 13.6. The molecule has 0 saturated heterocycles. The number of nitrogens with zero attached hydrogens (tertiary/aromatic N) is 1. The van der Waals surface area contributed by atoms with E-state index in [1.54, 1.807) is 0 Å². The van der Waals surface area contributed by atoms with Crippen LogP contribution in [0.15, 0.2) is 0 Å². The van der Waals surface area contributed by atoms with Crippen LogP contribution in [0, 0.1) is 0 Å². The van der Waals surface area contributed by atoms with Crippen molar-refractivity contribution in [2.24, 2.45) is 0 Å². The number of phosphoric ester groups is 1. The van der Waals surface area contributed by atoms with E-state index < -0.39 is 13.9 Å². The Bertz CT molecular complexity index is 686. The highest BCUT2D eigenvalue weighted by Crippen LogP contribution is 2.43. The molecule has 44 heavy (non-hydrogen) atoms. The highest BCUT2D eigenvalue weighted by Gasteiger charge is 2.26. The van der Waals surface area contributed by atoms with Crippen molar-refractivity contribution < 1.29 is 37.3 Å². The van der Waals surface area contributed by atoms with Gasteiger partial charge in [0, 0.05) is 13.0 Å². The number of carbonyl (C=O) groups excluding carboxylic acids is 1. The number of rotatable bonds is 34. The molecular formula is C35H73NO7P+. The van der Waals surface area contributed by atoms with Gasteiger partial charge < -0.3 is 18.9 Å². The van der Waals surface area contributed by atoms with Gasteiger partial charge in [0.15, 0.2) is 0 Å². The number of carbonyl (C=O) groups is 1. The summed E-state index contributed by atoms with van der Waals surface area (Å²) in [4.78, 5) is 22.4. The Morgan fingerprint density at radius 3 is 1.50 bits per heavy atom. The van der Waals surface area contributed by atoms with Gasteiger partial charge in [-0.05, 0) is 12.8 Å². The first-order chi connectivity index (χ1) is 21.1. The average molecular weight is 651 g/mol. The molecule has 0 fully saturated rings. The van der Waals surface area contributed by atoms with Gasteiger partial charge in [0.2, 0.25) is 0 Å². The van der Waals surface area contributed by atoms with Crippen molar-refractivity contribution in [1.29, 1.82) is 0 Å². The van der Waals surface area contributed by atoms with Crippen LogP contribution in [0.25, 0.3) is 0 Å². The Balaban J connectivity index is 3.99. The lowest BCUT2D eigenvalue weighted by Gasteiger charge is -2.24. The molecule has 0 rings (SSSR count). The molecule has 0 aliphatic heterocycles. The molecule has 0 aliphatic rings. The van der Waals surface area contributed by atoms with Crippen molar-refractivity contribution in [3.63, 3.8) is 0 Å². The van der Waals surface area contributed by atoms with Crippen LogP contribution in [0.4, 0.5) is 0 Å². The van der Waals surface area contributed by atoms with Gasteiger partial charge in [0.25, 0.3) is 0 Å². The summed E-state index contributed by atoms with van der Waals surface area (Å²) in [6, 6.07) is 0. The van der Waals surface area contributed by atoms with Crippen molar-refractivity contribution in [3.8, 4) is 0 Å². The zero-order chi connectivity index (χ0) is 32.8. The molecule has 0 aromatic rings. The Labute approximate surface area is 272 Å². The lowest BCUT2D eigenvalue weighted by molar-refractivity contribution is -0.870. The number of unbranched alkanes of at least 4 members (excludes halogenated alkanes) is 20. The van der Waals surface area contributed by atoms with E-state index >= 15 is 0 Å². The second-order valence-corrected chi connectivity index (χ2v) is 15.1. The first-order valence-electron chi connectivity index (χ1n) is 18.3. The van der Waals surface area contributed by atoms with Gasteiger partial charge in [-0.25, -0.2) is 4.57 Å². The summed E-state index contributed by atoms with van der Waals surface area (Å²) in [5.41, 5.74) is 0. The zero-order valence-corrected chi connectivity index (χ0v) is 30.6. The quantitative estimate of drug-likeness (QED) is 0.0321. The second kappa shape index (κ2) is 29.9. The van der Waals surface area contributed by atoms with Gasteiger partial charge >= 0.3 is 13.8 Å². The molecule has 264 valence electrons. The molecule has 0 spiro atoms. The SMILES string of the molecule is CCCCCCCCCCCCCCCCCCCCOCC(COP(=O)(O)OCC[N+](C)(C)C)OC(=O)CCCCCC. The highest BCUT2D eigenvalue weighted by molar-refractivity contribution is 7.47. The first kappa shape index (κ1) is 43.5. The molecule has 0 bridgehead atoms. The summed E-state index contributed by atoms with van der Waals surface area (Å²) in [6.07, 6.45) is 27.5. The number of esters is 1. The van der Waals surface area contributed by atoms with Gasteiger partial charge in [0.1, 0.15) is 19.3 Å². The number of likely N-dealkylation sites (N-methyl/N-ethyl adjacent to an activating group) is 1. The lowest BCUT2D eigenvalue weighted by atomic mass is 10.0. The largest absolute Gasteiger partial charge is 0.472 e. The number of quaternary nitrogens is 1. The summed E-state index contributed by atoms with van der Waals surface area (Å²) in [7, 11) is 1.67. The number of hydrogen-bond donors (Lipinski definition) is 1. The van der Waals surface area contributed by atoms with E-state index in [1.807, 2.05) is 21.1 Å². The van der Waals surface area contributed by atoms with Crippen molar-refractivity contribution in [2.75, 3.05) is 54.1 Å². The van der Waals surface area contributed by atoms with Crippen LogP contribution < -0.4 is 0 Å². The highest BCUT2D eigenvalue weighted by atomic mass is 31.2. The van der Waals surface area contributed by atoms with E-state index in [1.165, 1.54) is 103 Å². The average Bonchev–Trinajstić information content (AvgIpc) is 2.96. The van der Waals surface area contributed by atoms with E-state index in [9.17, 15) is 14.3 Å². The fourth-order valence-electron chi connectivity index (χ4n) is 5.02. The Hall–Kier alpha value is -0.500. The fourth-order valence-corrected chi connectivity index (χ4v) is 5.76. The lowest BCUT2D eigenvalue weighted by Crippen LogP contribution is -2.37. The molecule has 0 amide bonds. The van der Waals surface area contributed by atoms with Crippen LogP contribution in [0.1, 0.15) is 162 Å². The third-order valence-corrected chi connectivity index (χ3v) is 8.90. The summed E-state index contributed by atoms with van der Waals surface area (Å²) >= 11 is 0. The Morgan fingerprint density at radius 1 is 0.614 bits per heavy atom. The monoisotopic (exact) mass is 651 g/mol. The first-order valence-corrected chi connectivity index (χ1v) is 19.8. The molecule has 0 heterocycles.